The van der Waals surface area contributed by atoms with Crippen LogP contribution in [0.5, 0.6) is 0 Å². The third-order valence-electron chi connectivity index (χ3n) is 5.12. The molecule has 2 fully saturated rings. The van der Waals surface area contributed by atoms with Gasteiger partial charge in [0.25, 0.3) is 0 Å². The van der Waals surface area contributed by atoms with Gasteiger partial charge in [-0.3, -0.25) is 0 Å². The molecular formula is C18H21F2N3O3. The molecule has 8 heteroatoms. The van der Waals surface area contributed by atoms with Gasteiger partial charge >= 0.3 is 6.03 Å². The zero-order chi connectivity index (χ0) is 18.1. The minimum absolute atomic E-state index is 0.146. The number of benzene rings is 1. The van der Waals surface area contributed by atoms with Crippen LogP contribution in [0.15, 0.2) is 28.8 Å². The minimum Gasteiger partial charge on any atom is -0.374 e. The Morgan fingerprint density at radius 2 is 2.15 bits per heavy atom. The molecular weight excluding hydrogens is 344 g/mol. The van der Waals surface area contributed by atoms with E-state index in [4.69, 9.17) is 9.26 Å². The van der Waals surface area contributed by atoms with Crippen LogP contribution in [-0.2, 0) is 11.2 Å². The fraction of sp³-hybridized carbons (Fsp3) is 0.556. The van der Waals surface area contributed by atoms with Gasteiger partial charge in [0, 0.05) is 44.3 Å². The number of hydrogen-bond donors (Lipinski definition) is 1. The molecule has 2 aliphatic rings. The first-order chi connectivity index (χ1) is 12.5. The number of nitrogens with one attached hydrogen (secondary N) is 1. The second-order valence-electron chi connectivity index (χ2n) is 6.99. The predicted molar refractivity (Wildman–Crippen MR) is 90.1 cm³/mol. The predicted octanol–water partition coefficient (Wildman–Crippen LogP) is 2.83. The van der Waals surface area contributed by atoms with Gasteiger partial charge in [-0.25, -0.2) is 13.6 Å². The standard InChI is InChI=1S/C18H21F2N3O3/c19-18(20)9-12(10-18)16-11-23(7-8-25-16)17(24)21-6-5-14-13-3-1-2-4-15(13)26-22-14/h1-4,12,16H,5-11H2,(H,21,24). The molecule has 1 aliphatic heterocycles. The monoisotopic (exact) mass is 365 g/mol. The molecule has 1 atom stereocenters. The van der Waals surface area contributed by atoms with Gasteiger partial charge in [-0.15, -0.1) is 0 Å². The highest BCUT2D eigenvalue weighted by Gasteiger charge is 2.49. The third kappa shape index (κ3) is 3.51. The Balaban J connectivity index is 1.27. The van der Waals surface area contributed by atoms with Gasteiger partial charge < -0.3 is 19.5 Å². The summed E-state index contributed by atoms with van der Waals surface area (Å²) >= 11 is 0. The van der Waals surface area contributed by atoms with E-state index in [0.717, 1.165) is 16.7 Å². The Morgan fingerprint density at radius 1 is 1.35 bits per heavy atom. The van der Waals surface area contributed by atoms with E-state index in [-0.39, 0.29) is 30.9 Å². The van der Waals surface area contributed by atoms with E-state index in [1.807, 2.05) is 24.3 Å². The maximum absolute atomic E-state index is 13.0. The molecule has 1 aliphatic carbocycles. The van der Waals surface area contributed by atoms with Crippen LogP contribution in [0.2, 0.25) is 0 Å². The van der Waals surface area contributed by atoms with Gasteiger partial charge in [0.2, 0.25) is 5.92 Å². The number of fused-ring (bicyclic) bond motifs is 1. The normalized spacial score (nSPS) is 23.0. The molecule has 2 aromatic rings. The summed E-state index contributed by atoms with van der Waals surface area (Å²) in [5, 5.41) is 7.85. The molecule has 140 valence electrons. The lowest BCUT2D eigenvalue weighted by Crippen LogP contribution is -2.55. The fourth-order valence-corrected chi connectivity index (χ4v) is 3.63. The van der Waals surface area contributed by atoms with Crippen molar-refractivity contribution in [3.05, 3.63) is 30.0 Å². The number of morpholine rings is 1. The van der Waals surface area contributed by atoms with Crippen molar-refractivity contribution in [1.82, 2.24) is 15.4 Å². The molecule has 1 saturated heterocycles. The van der Waals surface area contributed by atoms with Crippen molar-refractivity contribution in [1.29, 1.82) is 0 Å². The zero-order valence-corrected chi connectivity index (χ0v) is 14.3. The number of para-hydroxylation sites is 1. The summed E-state index contributed by atoms with van der Waals surface area (Å²) in [5.41, 5.74) is 1.53. The Morgan fingerprint density at radius 3 is 2.96 bits per heavy atom. The lowest BCUT2D eigenvalue weighted by Gasteiger charge is -2.43. The van der Waals surface area contributed by atoms with Crippen molar-refractivity contribution in [2.75, 3.05) is 26.2 Å². The van der Waals surface area contributed by atoms with E-state index in [0.29, 0.717) is 32.7 Å². The molecule has 1 aromatic carbocycles. The maximum Gasteiger partial charge on any atom is 0.317 e. The number of carbonyl (C=O) groups is 1. The molecule has 0 radical (unpaired) electrons. The van der Waals surface area contributed by atoms with E-state index in [9.17, 15) is 13.6 Å². The average molecular weight is 365 g/mol. The minimum atomic E-state index is -2.57. The van der Waals surface area contributed by atoms with Crippen molar-refractivity contribution < 1.29 is 22.8 Å². The number of alkyl halides is 2. The van der Waals surface area contributed by atoms with Crippen LogP contribution >= 0.6 is 0 Å². The smallest absolute Gasteiger partial charge is 0.317 e. The Hall–Kier alpha value is -2.22. The Kier molecular flexibility index (Phi) is 4.52. The summed E-state index contributed by atoms with van der Waals surface area (Å²) in [4.78, 5) is 14.0. The van der Waals surface area contributed by atoms with Crippen molar-refractivity contribution in [3.63, 3.8) is 0 Å². The highest BCUT2D eigenvalue weighted by atomic mass is 19.3. The maximum atomic E-state index is 13.0. The molecule has 1 saturated carbocycles. The van der Waals surface area contributed by atoms with Gasteiger partial charge in [0.05, 0.1) is 18.4 Å². The number of halogens is 2. The van der Waals surface area contributed by atoms with Gasteiger partial charge in [-0.05, 0) is 18.1 Å². The highest BCUT2D eigenvalue weighted by Crippen LogP contribution is 2.45. The first-order valence-electron chi connectivity index (χ1n) is 8.87. The summed E-state index contributed by atoms with van der Waals surface area (Å²) in [5.74, 6) is -2.74. The van der Waals surface area contributed by atoms with Crippen LogP contribution in [0, 0.1) is 5.92 Å². The van der Waals surface area contributed by atoms with Crippen molar-refractivity contribution in [2.45, 2.75) is 31.3 Å². The summed E-state index contributed by atoms with van der Waals surface area (Å²) in [6.45, 7) is 1.64. The van der Waals surface area contributed by atoms with Crippen molar-refractivity contribution in [2.24, 2.45) is 5.92 Å². The first kappa shape index (κ1) is 17.2. The van der Waals surface area contributed by atoms with Gasteiger partial charge in [-0.2, -0.15) is 0 Å². The van der Waals surface area contributed by atoms with Crippen LogP contribution in [0.25, 0.3) is 11.0 Å². The molecule has 4 rings (SSSR count). The van der Waals surface area contributed by atoms with E-state index < -0.39 is 5.92 Å². The van der Waals surface area contributed by atoms with Gasteiger partial charge in [0.15, 0.2) is 5.58 Å². The summed E-state index contributed by atoms with van der Waals surface area (Å²) in [6.07, 6.45) is -0.0296. The number of carbonyl (C=O) groups excluding carboxylic acids is 1. The molecule has 1 unspecified atom stereocenters. The molecule has 6 nitrogen and oxygen atoms in total. The average Bonchev–Trinajstić information content (AvgIpc) is 3.03. The van der Waals surface area contributed by atoms with Crippen LogP contribution in [-0.4, -0.2) is 54.4 Å². The lowest BCUT2D eigenvalue weighted by atomic mass is 9.77. The number of amides is 2. The molecule has 2 heterocycles. The van der Waals surface area contributed by atoms with Crippen LogP contribution < -0.4 is 5.32 Å². The van der Waals surface area contributed by atoms with Crippen LogP contribution in [0.1, 0.15) is 18.5 Å². The van der Waals surface area contributed by atoms with Gasteiger partial charge in [0.1, 0.15) is 0 Å². The van der Waals surface area contributed by atoms with Crippen LogP contribution in [0.3, 0.4) is 0 Å². The van der Waals surface area contributed by atoms with E-state index in [2.05, 4.69) is 10.5 Å². The van der Waals surface area contributed by atoms with Crippen LogP contribution in [0.4, 0.5) is 13.6 Å². The number of hydrogen-bond acceptors (Lipinski definition) is 4. The largest absolute Gasteiger partial charge is 0.374 e. The summed E-state index contributed by atoms with van der Waals surface area (Å²) < 4.78 is 36.9. The number of aromatic nitrogens is 1. The topological polar surface area (TPSA) is 67.6 Å². The van der Waals surface area contributed by atoms with Crippen molar-refractivity contribution >= 4 is 17.0 Å². The van der Waals surface area contributed by atoms with E-state index >= 15 is 0 Å². The second kappa shape index (κ2) is 6.83. The number of ether oxygens (including phenoxy) is 1. The molecule has 0 spiro atoms. The lowest BCUT2D eigenvalue weighted by molar-refractivity contribution is -0.164. The Labute approximate surface area is 149 Å². The molecule has 2 amide bonds. The molecule has 26 heavy (non-hydrogen) atoms. The zero-order valence-electron chi connectivity index (χ0n) is 14.3. The molecule has 1 N–H and O–H groups in total. The fourth-order valence-electron chi connectivity index (χ4n) is 3.63. The number of rotatable bonds is 4. The third-order valence-corrected chi connectivity index (χ3v) is 5.12. The summed E-state index contributed by atoms with van der Waals surface area (Å²) in [7, 11) is 0. The van der Waals surface area contributed by atoms with E-state index in [1.54, 1.807) is 4.90 Å². The Bertz CT molecular complexity index is 787. The molecule has 0 bridgehead atoms. The van der Waals surface area contributed by atoms with E-state index in [1.165, 1.54) is 0 Å². The van der Waals surface area contributed by atoms with Crippen molar-refractivity contribution in [3.8, 4) is 0 Å². The molecule has 1 aromatic heterocycles. The SMILES string of the molecule is O=C(NCCc1noc2ccccc12)N1CCOC(C2CC(F)(F)C2)C1. The van der Waals surface area contributed by atoms with Gasteiger partial charge in [-0.1, -0.05) is 17.3 Å². The first-order valence-corrected chi connectivity index (χ1v) is 8.87. The summed E-state index contributed by atoms with van der Waals surface area (Å²) in [6, 6.07) is 7.38. The number of nitrogens with zero attached hydrogens (tertiary/aromatic N) is 2. The number of urea groups is 1. The highest BCUT2D eigenvalue weighted by molar-refractivity contribution is 5.79. The quantitative estimate of drug-likeness (QED) is 0.905. The second-order valence-corrected chi connectivity index (χ2v) is 6.99.